The van der Waals surface area contributed by atoms with E-state index in [0.29, 0.717) is 6.04 Å². The van der Waals surface area contributed by atoms with Crippen molar-refractivity contribution in [3.8, 4) is 0 Å². The fourth-order valence-corrected chi connectivity index (χ4v) is 2.51. The van der Waals surface area contributed by atoms with Gasteiger partial charge >= 0.3 is 0 Å². The van der Waals surface area contributed by atoms with Gasteiger partial charge in [0.15, 0.2) is 0 Å². The van der Waals surface area contributed by atoms with Crippen molar-refractivity contribution in [2.75, 3.05) is 6.54 Å². The second kappa shape index (κ2) is 7.83. The number of nitrogens with one attached hydrogen (secondary N) is 1. The molecule has 0 aliphatic rings. The standard InChI is InChI=1S/C15H21Cl2N/c1-4-8-18-12(9-11(2)3)10-13-14(16)6-5-7-15(13)17/h5-7,12,18H,2,4,8-10H2,1,3H3. The van der Waals surface area contributed by atoms with E-state index >= 15 is 0 Å². The molecule has 0 aromatic heterocycles. The van der Waals surface area contributed by atoms with Crippen LogP contribution in [0.15, 0.2) is 30.4 Å². The fraction of sp³-hybridized carbons (Fsp3) is 0.467. The van der Waals surface area contributed by atoms with E-state index in [1.807, 2.05) is 18.2 Å². The first-order valence-corrected chi connectivity index (χ1v) is 7.10. The monoisotopic (exact) mass is 285 g/mol. The average molecular weight is 286 g/mol. The third-order valence-corrected chi connectivity index (χ3v) is 3.50. The van der Waals surface area contributed by atoms with Crippen molar-refractivity contribution in [3.05, 3.63) is 46.0 Å². The normalized spacial score (nSPS) is 12.4. The van der Waals surface area contributed by atoms with Crippen molar-refractivity contribution in [3.63, 3.8) is 0 Å². The fourth-order valence-electron chi connectivity index (χ4n) is 1.96. The van der Waals surface area contributed by atoms with Gasteiger partial charge in [-0.05, 0) is 50.4 Å². The number of benzene rings is 1. The van der Waals surface area contributed by atoms with E-state index in [1.54, 1.807) is 0 Å². The predicted octanol–water partition coefficient (Wildman–Crippen LogP) is 4.87. The second-order valence-electron chi connectivity index (χ2n) is 4.72. The third kappa shape index (κ3) is 5.01. The van der Waals surface area contributed by atoms with Crippen molar-refractivity contribution < 1.29 is 0 Å². The molecule has 0 fully saturated rings. The molecule has 1 unspecified atom stereocenters. The van der Waals surface area contributed by atoms with Gasteiger partial charge in [0.2, 0.25) is 0 Å². The van der Waals surface area contributed by atoms with E-state index in [0.717, 1.165) is 41.4 Å². The Kier molecular flexibility index (Phi) is 6.77. The first-order chi connectivity index (χ1) is 8.54. The highest BCUT2D eigenvalue weighted by Gasteiger charge is 2.13. The Morgan fingerprint density at radius 2 is 1.94 bits per heavy atom. The van der Waals surface area contributed by atoms with Crippen LogP contribution in [0.2, 0.25) is 10.0 Å². The lowest BCUT2D eigenvalue weighted by Gasteiger charge is -2.20. The summed E-state index contributed by atoms with van der Waals surface area (Å²) in [6, 6.07) is 6.00. The van der Waals surface area contributed by atoms with Gasteiger partial charge in [-0.2, -0.15) is 0 Å². The highest BCUT2D eigenvalue weighted by Crippen LogP contribution is 2.26. The van der Waals surface area contributed by atoms with Gasteiger partial charge in [-0.15, -0.1) is 6.58 Å². The zero-order valence-electron chi connectivity index (χ0n) is 11.1. The van der Waals surface area contributed by atoms with Crippen LogP contribution in [0.25, 0.3) is 0 Å². The summed E-state index contributed by atoms with van der Waals surface area (Å²) in [5.74, 6) is 0. The van der Waals surface area contributed by atoms with Crippen LogP contribution in [0.1, 0.15) is 32.3 Å². The molecule has 1 aromatic rings. The van der Waals surface area contributed by atoms with Crippen LogP contribution in [0, 0.1) is 0 Å². The minimum Gasteiger partial charge on any atom is -0.313 e. The minimum atomic E-state index is 0.347. The van der Waals surface area contributed by atoms with Crippen LogP contribution in [-0.2, 0) is 6.42 Å². The van der Waals surface area contributed by atoms with E-state index in [4.69, 9.17) is 23.2 Å². The molecule has 0 aliphatic heterocycles. The van der Waals surface area contributed by atoms with Gasteiger partial charge < -0.3 is 5.32 Å². The highest BCUT2D eigenvalue weighted by atomic mass is 35.5. The zero-order chi connectivity index (χ0) is 13.5. The molecule has 100 valence electrons. The van der Waals surface area contributed by atoms with Crippen molar-refractivity contribution in [1.29, 1.82) is 0 Å². The van der Waals surface area contributed by atoms with E-state index in [1.165, 1.54) is 5.57 Å². The van der Waals surface area contributed by atoms with Crippen LogP contribution in [-0.4, -0.2) is 12.6 Å². The molecule has 0 aliphatic carbocycles. The summed E-state index contributed by atoms with van der Waals surface area (Å²) in [5.41, 5.74) is 2.20. The molecule has 3 heteroatoms. The molecule has 18 heavy (non-hydrogen) atoms. The van der Waals surface area contributed by atoms with Gasteiger partial charge in [-0.25, -0.2) is 0 Å². The lowest BCUT2D eigenvalue weighted by molar-refractivity contribution is 0.504. The van der Waals surface area contributed by atoms with E-state index < -0.39 is 0 Å². The smallest absolute Gasteiger partial charge is 0.0453 e. The largest absolute Gasteiger partial charge is 0.313 e. The Bertz CT molecular complexity index is 381. The van der Waals surface area contributed by atoms with Gasteiger partial charge in [-0.3, -0.25) is 0 Å². The van der Waals surface area contributed by atoms with E-state index in [2.05, 4.69) is 25.7 Å². The van der Waals surface area contributed by atoms with Gasteiger partial charge in [0.05, 0.1) is 0 Å². The first kappa shape index (κ1) is 15.6. The Morgan fingerprint density at radius 1 is 1.33 bits per heavy atom. The van der Waals surface area contributed by atoms with Crippen molar-refractivity contribution >= 4 is 23.2 Å². The molecular formula is C15H21Cl2N. The summed E-state index contributed by atoms with van der Waals surface area (Å²) in [4.78, 5) is 0. The molecule has 1 N–H and O–H groups in total. The maximum absolute atomic E-state index is 6.21. The zero-order valence-corrected chi connectivity index (χ0v) is 12.6. The van der Waals surface area contributed by atoms with Crippen molar-refractivity contribution in [2.45, 2.75) is 39.2 Å². The molecule has 1 rings (SSSR count). The van der Waals surface area contributed by atoms with Crippen LogP contribution < -0.4 is 5.32 Å². The average Bonchev–Trinajstić information content (AvgIpc) is 2.30. The summed E-state index contributed by atoms with van der Waals surface area (Å²) < 4.78 is 0. The summed E-state index contributed by atoms with van der Waals surface area (Å²) in [5, 5.41) is 5.01. The molecular weight excluding hydrogens is 265 g/mol. The molecule has 0 heterocycles. The van der Waals surface area contributed by atoms with Gasteiger partial charge in [0, 0.05) is 16.1 Å². The maximum atomic E-state index is 6.21. The van der Waals surface area contributed by atoms with Crippen molar-refractivity contribution in [1.82, 2.24) is 5.32 Å². The molecule has 1 atom stereocenters. The molecule has 1 nitrogen and oxygen atoms in total. The quantitative estimate of drug-likeness (QED) is 0.705. The topological polar surface area (TPSA) is 12.0 Å². The van der Waals surface area contributed by atoms with Crippen LogP contribution in [0.5, 0.6) is 0 Å². The Labute approximate surface area is 120 Å². The number of hydrogen-bond acceptors (Lipinski definition) is 1. The lowest BCUT2D eigenvalue weighted by atomic mass is 10.00. The lowest BCUT2D eigenvalue weighted by Crippen LogP contribution is -2.32. The molecule has 0 spiro atoms. The van der Waals surface area contributed by atoms with Crippen LogP contribution in [0.3, 0.4) is 0 Å². The SMILES string of the molecule is C=C(C)CC(Cc1c(Cl)cccc1Cl)NCCC. The van der Waals surface area contributed by atoms with Gasteiger partial charge in [0.1, 0.15) is 0 Å². The summed E-state index contributed by atoms with van der Waals surface area (Å²) in [6.45, 7) is 9.19. The first-order valence-electron chi connectivity index (χ1n) is 6.35. The second-order valence-corrected chi connectivity index (χ2v) is 5.53. The maximum Gasteiger partial charge on any atom is 0.0453 e. The Balaban J connectivity index is 2.78. The Morgan fingerprint density at radius 3 is 2.44 bits per heavy atom. The third-order valence-electron chi connectivity index (χ3n) is 2.79. The highest BCUT2D eigenvalue weighted by molar-refractivity contribution is 6.36. The van der Waals surface area contributed by atoms with Crippen LogP contribution in [0.4, 0.5) is 0 Å². The minimum absolute atomic E-state index is 0.347. The number of rotatable bonds is 7. The molecule has 0 saturated heterocycles. The van der Waals surface area contributed by atoms with Crippen LogP contribution >= 0.6 is 23.2 Å². The van der Waals surface area contributed by atoms with Gasteiger partial charge in [0.25, 0.3) is 0 Å². The number of halogens is 2. The molecule has 0 radical (unpaired) electrons. The molecule has 1 aromatic carbocycles. The molecule has 0 amide bonds. The van der Waals surface area contributed by atoms with E-state index in [9.17, 15) is 0 Å². The summed E-state index contributed by atoms with van der Waals surface area (Å²) in [7, 11) is 0. The molecule has 0 bridgehead atoms. The van der Waals surface area contributed by atoms with Crippen molar-refractivity contribution in [2.24, 2.45) is 0 Å². The summed E-state index contributed by atoms with van der Waals surface area (Å²) >= 11 is 12.4. The van der Waals surface area contributed by atoms with Gasteiger partial charge in [-0.1, -0.05) is 41.8 Å². The number of hydrogen-bond donors (Lipinski definition) is 1. The van der Waals surface area contributed by atoms with E-state index in [-0.39, 0.29) is 0 Å². The predicted molar refractivity (Wildman–Crippen MR) is 81.7 cm³/mol. The Hall–Kier alpha value is -0.500. The molecule has 0 saturated carbocycles. The summed E-state index contributed by atoms with van der Waals surface area (Å²) in [6.07, 6.45) is 2.90.